The smallest absolute Gasteiger partial charge is 0.543 e. The fraction of sp³-hybridized carbons (Fsp3) is 0.333. The van der Waals surface area contributed by atoms with E-state index in [0.29, 0.717) is 22.0 Å². The molecule has 1 fully saturated rings. The molecule has 0 bridgehead atoms. The predicted octanol–water partition coefficient (Wildman–Crippen LogP) is -4.56. The van der Waals surface area contributed by atoms with E-state index < -0.39 is 35.3 Å². The van der Waals surface area contributed by atoms with Crippen molar-refractivity contribution in [1.29, 1.82) is 0 Å². The van der Waals surface area contributed by atoms with Crippen molar-refractivity contribution in [2.75, 3.05) is 11.5 Å². The minimum Gasteiger partial charge on any atom is -0.543 e. The van der Waals surface area contributed by atoms with Crippen LogP contribution >= 0.6 is 23.5 Å². The number of rotatable bonds is 7. The number of carbonyl (C=O) groups excluding carboxylic acids is 3. The summed E-state index contributed by atoms with van der Waals surface area (Å²) in [6, 6.07) is 7.40. The number of aliphatic hydroxyl groups excluding tert-OH is 1. The second-order valence-corrected chi connectivity index (χ2v) is 8.87. The summed E-state index contributed by atoms with van der Waals surface area (Å²) >= 11 is 2.58. The summed E-state index contributed by atoms with van der Waals surface area (Å²) < 4.78 is 1.46. The van der Waals surface area contributed by atoms with Gasteiger partial charge in [-0.3, -0.25) is 14.5 Å². The van der Waals surface area contributed by atoms with E-state index in [1.54, 1.807) is 37.4 Å². The molecule has 1 aromatic heterocycles. The van der Waals surface area contributed by atoms with Crippen molar-refractivity contribution < 1.29 is 54.2 Å². The zero-order valence-electron chi connectivity index (χ0n) is 17.2. The van der Waals surface area contributed by atoms with Crippen LogP contribution in [0, 0.1) is 0 Å². The van der Waals surface area contributed by atoms with Crippen LogP contribution < -0.4 is 40.0 Å². The fourth-order valence-corrected chi connectivity index (χ4v) is 5.63. The molecule has 2 N–H and O–H groups in total. The standard InChI is InChI=1S/C18H18N6O5S2.Na/c1-23-18(20-21-22-23)31-8-10-7-30-16-11(15(27)24(16)12(10)17(28)29)19-14(26)13(25)9-5-3-2-4-6-9;/h2-6,11,13,16,25H,7-8H2,1H3,(H,19,26)(H,28,29);/q;+1/p-1/t11-,13+,16-;/m1./s1. The molecule has 11 nitrogen and oxygen atoms in total. The monoisotopic (exact) mass is 484 g/mol. The van der Waals surface area contributed by atoms with E-state index in [4.69, 9.17) is 0 Å². The Kier molecular flexibility index (Phi) is 8.01. The molecule has 0 saturated carbocycles. The normalized spacial score (nSPS) is 20.7. The molecule has 3 heterocycles. The zero-order chi connectivity index (χ0) is 22.1. The van der Waals surface area contributed by atoms with Crippen LogP contribution in [0.15, 0.2) is 46.8 Å². The van der Waals surface area contributed by atoms with Gasteiger partial charge in [0.15, 0.2) is 6.10 Å². The third-order valence-electron chi connectivity index (χ3n) is 4.86. The number of thioether (sulfide) groups is 2. The summed E-state index contributed by atoms with van der Waals surface area (Å²) in [6.07, 6.45) is -1.43. The number of fused-ring (bicyclic) bond motifs is 1. The molecule has 4 rings (SSSR count). The Hall–Kier alpha value is -1.90. The molecule has 162 valence electrons. The van der Waals surface area contributed by atoms with Crippen molar-refractivity contribution >= 4 is 41.3 Å². The van der Waals surface area contributed by atoms with Gasteiger partial charge in [-0.2, -0.15) is 0 Å². The molecule has 3 atom stereocenters. The van der Waals surface area contributed by atoms with Gasteiger partial charge in [0.05, 0.1) is 11.7 Å². The number of β-lactam (4-membered cyclic amide) rings is 1. The van der Waals surface area contributed by atoms with Gasteiger partial charge in [-0.15, -0.1) is 16.9 Å². The van der Waals surface area contributed by atoms with Crippen molar-refractivity contribution in [2.24, 2.45) is 7.05 Å². The molecule has 2 aliphatic heterocycles. The molecule has 0 spiro atoms. The Bertz CT molecular complexity index is 1070. The number of aliphatic carboxylic acids is 1. The second kappa shape index (κ2) is 10.4. The molecule has 1 aromatic carbocycles. The topological polar surface area (TPSA) is 153 Å². The molecule has 1 saturated heterocycles. The Morgan fingerprint density at radius 3 is 2.72 bits per heavy atom. The van der Waals surface area contributed by atoms with Gasteiger partial charge in [0.1, 0.15) is 11.4 Å². The molecule has 2 amide bonds. The SMILES string of the molecule is Cn1nnnc1SCC1=C(C(=O)[O-])N2C(=O)[C@@H](NC(=O)[C@@H](O)c3ccccc3)[C@H]2SC1.[Na+]. The Labute approximate surface area is 213 Å². The molecule has 14 heteroatoms. The summed E-state index contributed by atoms with van der Waals surface area (Å²) in [4.78, 5) is 38.0. The van der Waals surface area contributed by atoms with E-state index >= 15 is 0 Å². The van der Waals surface area contributed by atoms with Gasteiger partial charge < -0.3 is 20.3 Å². The largest absolute Gasteiger partial charge is 1.00 e. The first kappa shape index (κ1) is 24.7. The van der Waals surface area contributed by atoms with Gasteiger partial charge in [-0.1, -0.05) is 42.1 Å². The molecule has 2 aromatic rings. The summed E-state index contributed by atoms with van der Waals surface area (Å²) in [5.41, 5.74) is 0.718. The van der Waals surface area contributed by atoms with Gasteiger partial charge in [0.25, 0.3) is 11.8 Å². The number of tetrazole rings is 1. The van der Waals surface area contributed by atoms with Crippen LogP contribution in [0.25, 0.3) is 0 Å². The molecular formula is C18H17N6NaO5S2. The number of benzene rings is 1. The molecule has 0 aliphatic carbocycles. The van der Waals surface area contributed by atoms with Crippen LogP contribution in [0.5, 0.6) is 0 Å². The predicted molar refractivity (Wildman–Crippen MR) is 108 cm³/mol. The first-order chi connectivity index (χ1) is 14.9. The van der Waals surface area contributed by atoms with Crippen molar-refractivity contribution in [3.63, 3.8) is 0 Å². The number of hydrogen-bond acceptors (Lipinski definition) is 10. The molecule has 32 heavy (non-hydrogen) atoms. The minimum atomic E-state index is -1.46. The third-order valence-corrected chi connectivity index (χ3v) is 7.30. The maximum atomic E-state index is 12.7. The number of aromatic nitrogens is 4. The number of nitrogens with zero attached hydrogens (tertiary/aromatic N) is 5. The second-order valence-electron chi connectivity index (χ2n) is 6.82. The first-order valence-corrected chi connectivity index (χ1v) is 11.2. The molecular weight excluding hydrogens is 467 g/mol. The Morgan fingerprint density at radius 1 is 1.38 bits per heavy atom. The quantitative estimate of drug-likeness (QED) is 0.223. The van der Waals surface area contributed by atoms with Crippen LogP contribution in [0.2, 0.25) is 0 Å². The van der Waals surface area contributed by atoms with Crippen molar-refractivity contribution in [1.82, 2.24) is 30.4 Å². The van der Waals surface area contributed by atoms with Crippen molar-refractivity contribution in [3.8, 4) is 0 Å². The summed E-state index contributed by atoms with van der Waals surface area (Å²) in [7, 11) is 1.66. The molecule has 2 aliphatic rings. The van der Waals surface area contributed by atoms with Crippen LogP contribution in [0.1, 0.15) is 11.7 Å². The number of amides is 2. The average Bonchev–Trinajstić information content (AvgIpc) is 3.19. The first-order valence-electron chi connectivity index (χ1n) is 9.15. The van der Waals surface area contributed by atoms with Gasteiger partial charge in [0, 0.05) is 18.6 Å². The summed E-state index contributed by atoms with van der Waals surface area (Å²) in [5, 5.41) is 35.6. The fourth-order valence-electron chi connectivity index (χ4n) is 3.30. The minimum absolute atomic E-state index is 0. The Balaban J connectivity index is 0.00000289. The van der Waals surface area contributed by atoms with Crippen LogP contribution in [0.3, 0.4) is 0 Å². The van der Waals surface area contributed by atoms with Crippen LogP contribution in [-0.2, 0) is 21.4 Å². The van der Waals surface area contributed by atoms with E-state index in [9.17, 15) is 24.6 Å². The number of carboxylic acid groups (broad SMARTS) is 1. The number of hydrogen-bond donors (Lipinski definition) is 2. The molecule has 0 radical (unpaired) electrons. The van der Waals surface area contributed by atoms with E-state index in [0.717, 1.165) is 4.90 Å². The Morgan fingerprint density at radius 2 is 2.09 bits per heavy atom. The van der Waals surface area contributed by atoms with Gasteiger partial charge in [-0.25, -0.2) is 4.68 Å². The zero-order valence-corrected chi connectivity index (χ0v) is 20.8. The summed E-state index contributed by atoms with van der Waals surface area (Å²) in [5.74, 6) is -2.14. The number of aliphatic hydroxyl groups is 1. The molecule has 0 unspecified atom stereocenters. The van der Waals surface area contributed by atoms with E-state index in [2.05, 4.69) is 20.8 Å². The van der Waals surface area contributed by atoms with E-state index in [-0.39, 0.29) is 41.0 Å². The van der Waals surface area contributed by atoms with Crippen LogP contribution in [-0.4, -0.2) is 70.9 Å². The number of nitrogens with one attached hydrogen (secondary N) is 1. The van der Waals surface area contributed by atoms with Crippen LogP contribution in [0.4, 0.5) is 0 Å². The maximum Gasteiger partial charge on any atom is 1.00 e. The number of carboxylic acids is 1. The average molecular weight is 484 g/mol. The number of aryl methyl sites for hydroxylation is 1. The van der Waals surface area contributed by atoms with Gasteiger partial charge >= 0.3 is 29.6 Å². The van der Waals surface area contributed by atoms with Crippen molar-refractivity contribution in [2.45, 2.75) is 22.7 Å². The van der Waals surface area contributed by atoms with Gasteiger partial charge in [-0.05, 0) is 21.6 Å². The van der Waals surface area contributed by atoms with Crippen molar-refractivity contribution in [3.05, 3.63) is 47.2 Å². The summed E-state index contributed by atoms with van der Waals surface area (Å²) in [6.45, 7) is 0. The number of carbonyl (C=O) groups is 3. The maximum absolute atomic E-state index is 12.7. The third kappa shape index (κ3) is 4.72. The van der Waals surface area contributed by atoms with E-state index in [1.165, 1.54) is 28.2 Å². The van der Waals surface area contributed by atoms with Gasteiger partial charge in [0.2, 0.25) is 5.16 Å². The van der Waals surface area contributed by atoms with E-state index in [1.807, 2.05) is 0 Å².